The second kappa shape index (κ2) is 8.37. The number of hydrogen-bond acceptors (Lipinski definition) is 4. The van der Waals surface area contributed by atoms with Gasteiger partial charge in [-0.1, -0.05) is 0 Å². The van der Waals surface area contributed by atoms with E-state index >= 15 is 0 Å². The van der Waals surface area contributed by atoms with E-state index in [9.17, 15) is 22.4 Å². The number of carbonyl (C=O) groups excluding carboxylic acids is 1. The van der Waals surface area contributed by atoms with Crippen LogP contribution in [-0.4, -0.2) is 45.2 Å². The van der Waals surface area contributed by atoms with Crippen molar-refractivity contribution in [2.24, 2.45) is 0 Å². The van der Waals surface area contributed by atoms with Crippen molar-refractivity contribution in [1.29, 1.82) is 0 Å². The lowest BCUT2D eigenvalue weighted by molar-refractivity contribution is -0.137. The van der Waals surface area contributed by atoms with Crippen molar-refractivity contribution in [1.82, 2.24) is 20.1 Å². The molecule has 0 saturated carbocycles. The highest BCUT2D eigenvalue weighted by atomic mass is 19.4. The Balaban J connectivity index is 1.32. The van der Waals surface area contributed by atoms with Crippen molar-refractivity contribution in [3.8, 4) is 17.1 Å². The van der Waals surface area contributed by atoms with E-state index in [-0.39, 0.29) is 23.7 Å². The number of aromatic nitrogens is 3. The van der Waals surface area contributed by atoms with Gasteiger partial charge in [-0.3, -0.25) is 9.89 Å². The van der Waals surface area contributed by atoms with Crippen molar-refractivity contribution in [3.05, 3.63) is 65.7 Å². The van der Waals surface area contributed by atoms with Gasteiger partial charge >= 0.3 is 6.18 Å². The van der Waals surface area contributed by atoms with Crippen LogP contribution in [0, 0.1) is 5.82 Å². The van der Waals surface area contributed by atoms with Gasteiger partial charge in [-0.25, -0.2) is 9.37 Å². The Labute approximate surface area is 174 Å². The molecule has 0 radical (unpaired) electrons. The Bertz CT molecular complexity index is 1040. The summed E-state index contributed by atoms with van der Waals surface area (Å²) in [5.41, 5.74) is 0.714. The Kier molecular flexibility index (Phi) is 5.62. The molecule has 1 saturated heterocycles. The number of alkyl halides is 3. The molecule has 6 nitrogen and oxygen atoms in total. The Morgan fingerprint density at radius 2 is 1.81 bits per heavy atom. The maximum atomic E-state index is 13.1. The SMILES string of the molecule is O=C(c1cc(-c2ccc(F)cc2)n[nH]1)N1CCC(Oc2ccc(C(F)(F)F)cn2)CC1. The van der Waals surface area contributed by atoms with Gasteiger partial charge in [-0.15, -0.1) is 0 Å². The molecule has 1 aliphatic rings. The molecule has 0 atom stereocenters. The summed E-state index contributed by atoms with van der Waals surface area (Å²) in [6.07, 6.45) is -2.91. The number of piperidine rings is 1. The minimum Gasteiger partial charge on any atom is -0.474 e. The van der Waals surface area contributed by atoms with E-state index in [1.165, 1.54) is 18.2 Å². The van der Waals surface area contributed by atoms with Crippen molar-refractivity contribution in [2.45, 2.75) is 25.1 Å². The summed E-state index contributed by atoms with van der Waals surface area (Å²) < 4.78 is 56.6. The number of nitrogens with zero attached hydrogens (tertiary/aromatic N) is 3. The van der Waals surface area contributed by atoms with Crippen LogP contribution in [0.3, 0.4) is 0 Å². The average Bonchev–Trinajstić information content (AvgIpc) is 3.24. The number of halogens is 4. The van der Waals surface area contributed by atoms with Gasteiger partial charge in [-0.05, 0) is 36.4 Å². The van der Waals surface area contributed by atoms with E-state index in [4.69, 9.17) is 4.74 Å². The van der Waals surface area contributed by atoms with Gasteiger partial charge in [0.05, 0.1) is 11.3 Å². The minimum atomic E-state index is -4.44. The van der Waals surface area contributed by atoms with Gasteiger partial charge < -0.3 is 9.64 Å². The fourth-order valence-electron chi connectivity index (χ4n) is 3.34. The molecule has 3 heterocycles. The molecule has 10 heteroatoms. The van der Waals surface area contributed by atoms with Gasteiger partial charge in [0.15, 0.2) is 0 Å². The van der Waals surface area contributed by atoms with Crippen LogP contribution in [0.2, 0.25) is 0 Å². The van der Waals surface area contributed by atoms with Crippen LogP contribution in [-0.2, 0) is 6.18 Å². The molecule has 1 amide bonds. The normalized spacial score (nSPS) is 15.2. The van der Waals surface area contributed by atoms with E-state index in [0.717, 1.165) is 12.3 Å². The highest BCUT2D eigenvalue weighted by molar-refractivity contribution is 5.93. The van der Waals surface area contributed by atoms with Crippen LogP contribution in [0.15, 0.2) is 48.7 Å². The zero-order valence-corrected chi connectivity index (χ0v) is 16.2. The summed E-state index contributed by atoms with van der Waals surface area (Å²) >= 11 is 0. The Morgan fingerprint density at radius 1 is 1.10 bits per heavy atom. The molecule has 4 rings (SSSR count). The number of aromatic amines is 1. The summed E-state index contributed by atoms with van der Waals surface area (Å²) in [6, 6.07) is 9.55. The van der Waals surface area contributed by atoms with E-state index in [0.29, 0.717) is 42.9 Å². The maximum absolute atomic E-state index is 13.1. The summed E-state index contributed by atoms with van der Waals surface area (Å²) in [4.78, 5) is 18.1. The molecule has 31 heavy (non-hydrogen) atoms. The molecule has 3 aromatic rings. The lowest BCUT2D eigenvalue weighted by Gasteiger charge is -2.31. The van der Waals surface area contributed by atoms with Crippen LogP contribution in [0.1, 0.15) is 28.9 Å². The number of hydrogen-bond donors (Lipinski definition) is 1. The highest BCUT2D eigenvalue weighted by Crippen LogP contribution is 2.29. The van der Waals surface area contributed by atoms with Crippen molar-refractivity contribution < 1.29 is 27.1 Å². The molecule has 1 aromatic carbocycles. The summed E-state index contributed by atoms with van der Waals surface area (Å²) in [5.74, 6) is -0.450. The monoisotopic (exact) mass is 434 g/mol. The van der Waals surface area contributed by atoms with E-state index < -0.39 is 11.7 Å². The first kappa shape index (κ1) is 20.8. The number of carbonyl (C=O) groups is 1. The number of ether oxygens (including phenoxy) is 1. The van der Waals surface area contributed by atoms with Crippen LogP contribution in [0.4, 0.5) is 17.6 Å². The summed E-state index contributed by atoms with van der Waals surface area (Å²) in [5, 5.41) is 6.84. The standard InChI is InChI=1S/C21H18F4N4O2/c22-15-4-1-13(2-5-15)17-11-18(28-27-17)20(30)29-9-7-16(8-10-29)31-19-6-3-14(12-26-19)21(23,24)25/h1-6,11-12,16H,7-10H2,(H,27,28). The molecular weight excluding hydrogens is 416 g/mol. The number of likely N-dealkylation sites (tertiary alicyclic amines) is 1. The summed E-state index contributed by atoms with van der Waals surface area (Å²) in [7, 11) is 0. The lowest BCUT2D eigenvalue weighted by atomic mass is 10.1. The van der Waals surface area contributed by atoms with Gasteiger partial charge in [0.1, 0.15) is 17.6 Å². The summed E-state index contributed by atoms with van der Waals surface area (Å²) in [6.45, 7) is 0.851. The van der Waals surface area contributed by atoms with Gasteiger partial charge in [0, 0.05) is 43.8 Å². The molecule has 1 N–H and O–H groups in total. The molecule has 1 fully saturated rings. The third-order valence-corrected chi connectivity index (χ3v) is 5.03. The van der Waals surface area contributed by atoms with Crippen LogP contribution < -0.4 is 4.74 Å². The van der Waals surface area contributed by atoms with E-state index in [1.807, 2.05) is 0 Å². The van der Waals surface area contributed by atoms with Crippen LogP contribution >= 0.6 is 0 Å². The van der Waals surface area contributed by atoms with Crippen molar-refractivity contribution >= 4 is 5.91 Å². The Hall–Kier alpha value is -3.43. The van der Waals surface area contributed by atoms with Crippen LogP contribution in [0.5, 0.6) is 5.88 Å². The van der Waals surface area contributed by atoms with Crippen LogP contribution in [0.25, 0.3) is 11.3 Å². The number of amides is 1. The smallest absolute Gasteiger partial charge is 0.417 e. The average molecular weight is 434 g/mol. The fourth-order valence-corrected chi connectivity index (χ4v) is 3.34. The maximum Gasteiger partial charge on any atom is 0.417 e. The third-order valence-electron chi connectivity index (χ3n) is 5.03. The molecule has 0 aliphatic carbocycles. The molecule has 162 valence electrons. The quantitative estimate of drug-likeness (QED) is 0.621. The highest BCUT2D eigenvalue weighted by Gasteiger charge is 2.31. The first-order valence-corrected chi connectivity index (χ1v) is 9.60. The number of rotatable bonds is 4. The minimum absolute atomic E-state index is 0.121. The largest absolute Gasteiger partial charge is 0.474 e. The first-order valence-electron chi connectivity index (χ1n) is 9.60. The molecule has 0 spiro atoms. The van der Waals surface area contributed by atoms with Crippen molar-refractivity contribution in [2.75, 3.05) is 13.1 Å². The number of nitrogens with one attached hydrogen (secondary N) is 1. The fraction of sp³-hybridized carbons (Fsp3) is 0.286. The molecule has 1 aliphatic heterocycles. The van der Waals surface area contributed by atoms with Gasteiger partial charge in [0.2, 0.25) is 5.88 Å². The number of H-pyrrole nitrogens is 1. The lowest BCUT2D eigenvalue weighted by Crippen LogP contribution is -2.42. The number of pyridine rings is 1. The van der Waals surface area contributed by atoms with E-state index in [1.54, 1.807) is 23.1 Å². The van der Waals surface area contributed by atoms with Gasteiger partial charge in [-0.2, -0.15) is 18.3 Å². The second-order valence-corrected chi connectivity index (χ2v) is 7.17. The van der Waals surface area contributed by atoms with E-state index in [2.05, 4.69) is 15.2 Å². The molecule has 2 aromatic heterocycles. The topological polar surface area (TPSA) is 71.1 Å². The molecule has 0 unspecified atom stereocenters. The van der Waals surface area contributed by atoms with Crippen molar-refractivity contribution in [3.63, 3.8) is 0 Å². The zero-order chi connectivity index (χ0) is 22.0. The molecular formula is C21H18F4N4O2. The number of benzene rings is 1. The molecule has 0 bridgehead atoms. The zero-order valence-electron chi connectivity index (χ0n) is 16.2. The first-order chi connectivity index (χ1) is 14.8. The third kappa shape index (κ3) is 4.84. The van der Waals surface area contributed by atoms with Gasteiger partial charge in [0.25, 0.3) is 5.91 Å². The predicted molar refractivity (Wildman–Crippen MR) is 103 cm³/mol. The predicted octanol–water partition coefficient (Wildman–Crippen LogP) is 4.31. The second-order valence-electron chi connectivity index (χ2n) is 7.17. The Morgan fingerprint density at radius 3 is 2.42 bits per heavy atom.